The molecular formula is C13H17ClN2O3. The second kappa shape index (κ2) is 6.12. The van der Waals surface area contributed by atoms with Gasteiger partial charge in [-0.15, -0.1) is 0 Å². The number of ether oxygens (including phenoxy) is 1. The lowest BCUT2D eigenvalue weighted by molar-refractivity contribution is 0.184. The fraction of sp³-hybridized carbons (Fsp3) is 0.462. The predicted molar refractivity (Wildman–Crippen MR) is 72.6 cm³/mol. The molecule has 0 saturated carbocycles. The van der Waals surface area contributed by atoms with Crippen molar-refractivity contribution in [3.05, 3.63) is 28.8 Å². The minimum atomic E-state index is -0.649. The van der Waals surface area contributed by atoms with E-state index in [4.69, 9.17) is 16.3 Å². The number of hydrogen-bond acceptors (Lipinski definition) is 3. The van der Waals surface area contributed by atoms with Crippen molar-refractivity contribution in [2.24, 2.45) is 0 Å². The van der Waals surface area contributed by atoms with Crippen LogP contribution < -0.4 is 10.1 Å². The number of urea groups is 1. The van der Waals surface area contributed by atoms with Gasteiger partial charge in [-0.1, -0.05) is 11.6 Å². The maximum atomic E-state index is 11.3. The van der Waals surface area contributed by atoms with Crippen molar-refractivity contribution >= 4 is 17.6 Å². The highest BCUT2D eigenvalue weighted by Gasteiger charge is 2.19. The maximum Gasteiger partial charge on any atom is 0.317 e. The lowest BCUT2D eigenvalue weighted by atomic mass is 10.1. The van der Waals surface area contributed by atoms with Crippen LogP contribution in [0.4, 0.5) is 4.79 Å². The molecule has 1 saturated heterocycles. The minimum Gasteiger partial charge on any atom is -0.491 e. The summed E-state index contributed by atoms with van der Waals surface area (Å²) in [4.78, 5) is 13.0. The summed E-state index contributed by atoms with van der Waals surface area (Å²) in [6.45, 7) is 3.94. The molecular weight excluding hydrogens is 268 g/mol. The van der Waals surface area contributed by atoms with Gasteiger partial charge in [0.1, 0.15) is 12.4 Å². The molecule has 0 spiro atoms. The third kappa shape index (κ3) is 3.52. The molecule has 1 atom stereocenters. The summed E-state index contributed by atoms with van der Waals surface area (Å²) in [5.41, 5.74) is 0.651. The maximum absolute atomic E-state index is 11.3. The van der Waals surface area contributed by atoms with Crippen LogP contribution >= 0.6 is 11.6 Å². The molecule has 5 nitrogen and oxygen atoms in total. The van der Waals surface area contributed by atoms with Crippen molar-refractivity contribution in [2.45, 2.75) is 13.0 Å². The van der Waals surface area contributed by atoms with E-state index in [-0.39, 0.29) is 6.03 Å². The van der Waals surface area contributed by atoms with Crippen LogP contribution in [0.5, 0.6) is 5.75 Å². The summed E-state index contributed by atoms with van der Waals surface area (Å²) in [5.74, 6) is 0.596. The van der Waals surface area contributed by atoms with Gasteiger partial charge in [0.15, 0.2) is 0 Å². The first-order chi connectivity index (χ1) is 9.08. The Hall–Kier alpha value is -1.46. The van der Waals surface area contributed by atoms with Crippen LogP contribution in [0.15, 0.2) is 18.2 Å². The highest BCUT2D eigenvalue weighted by Crippen LogP contribution is 2.28. The van der Waals surface area contributed by atoms with E-state index in [9.17, 15) is 9.90 Å². The molecule has 104 valence electrons. The number of aliphatic hydroxyl groups is 1. The Labute approximate surface area is 117 Å². The molecule has 1 aromatic carbocycles. The van der Waals surface area contributed by atoms with E-state index >= 15 is 0 Å². The van der Waals surface area contributed by atoms with Crippen molar-refractivity contribution in [1.82, 2.24) is 10.2 Å². The zero-order valence-electron chi connectivity index (χ0n) is 10.7. The van der Waals surface area contributed by atoms with Gasteiger partial charge in [0.05, 0.1) is 12.6 Å². The van der Waals surface area contributed by atoms with E-state index < -0.39 is 6.10 Å². The van der Waals surface area contributed by atoms with Crippen LogP contribution in [0.1, 0.15) is 18.6 Å². The van der Waals surface area contributed by atoms with Crippen molar-refractivity contribution in [3.63, 3.8) is 0 Å². The molecule has 19 heavy (non-hydrogen) atoms. The van der Waals surface area contributed by atoms with Gasteiger partial charge < -0.3 is 20.1 Å². The fourth-order valence-corrected chi connectivity index (χ4v) is 2.15. The molecule has 1 aliphatic heterocycles. The molecule has 0 aromatic heterocycles. The second-order valence-corrected chi connectivity index (χ2v) is 4.86. The van der Waals surface area contributed by atoms with Gasteiger partial charge in [-0.05, 0) is 25.1 Å². The zero-order chi connectivity index (χ0) is 13.8. The van der Waals surface area contributed by atoms with Crippen LogP contribution in [0, 0.1) is 0 Å². The van der Waals surface area contributed by atoms with Crippen LogP contribution in [0.2, 0.25) is 5.02 Å². The summed E-state index contributed by atoms with van der Waals surface area (Å²) in [6, 6.07) is 5.07. The summed E-state index contributed by atoms with van der Waals surface area (Å²) < 4.78 is 5.62. The van der Waals surface area contributed by atoms with Crippen molar-refractivity contribution in [1.29, 1.82) is 0 Å². The van der Waals surface area contributed by atoms with Crippen LogP contribution in [-0.2, 0) is 0 Å². The summed E-state index contributed by atoms with van der Waals surface area (Å²) in [7, 11) is 0. The minimum absolute atomic E-state index is 0.0598. The number of carbonyl (C=O) groups is 1. The van der Waals surface area contributed by atoms with Gasteiger partial charge in [0.2, 0.25) is 0 Å². The first kappa shape index (κ1) is 14.0. The average molecular weight is 285 g/mol. The molecule has 6 heteroatoms. The fourth-order valence-electron chi connectivity index (χ4n) is 1.97. The van der Waals surface area contributed by atoms with Crippen molar-refractivity contribution < 1.29 is 14.6 Å². The summed E-state index contributed by atoms with van der Waals surface area (Å²) in [6.07, 6.45) is -0.649. The Bertz CT molecular complexity index is 465. The molecule has 2 rings (SSSR count). The van der Waals surface area contributed by atoms with E-state index in [1.807, 2.05) is 0 Å². The first-order valence-corrected chi connectivity index (χ1v) is 6.59. The van der Waals surface area contributed by atoms with Gasteiger partial charge in [-0.3, -0.25) is 0 Å². The Morgan fingerprint density at radius 3 is 3.00 bits per heavy atom. The number of benzene rings is 1. The monoisotopic (exact) mass is 284 g/mol. The largest absolute Gasteiger partial charge is 0.491 e. The molecule has 0 bridgehead atoms. The number of halogens is 1. The molecule has 0 aliphatic carbocycles. The molecule has 1 fully saturated rings. The number of aliphatic hydroxyl groups excluding tert-OH is 1. The highest BCUT2D eigenvalue weighted by molar-refractivity contribution is 6.30. The predicted octanol–water partition coefficient (Wildman–Crippen LogP) is 1.80. The van der Waals surface area contributed by atoms with Gasteiger partial charge >= 0.3 is 6.03 Å². The molecule has 0 radical (unpaired) electrons. The van der Waals surface area contributed by atoms with Crippen LogP contribution in [0.25, 0.3) is 0 Å². The van der Waals surface area contributed by atoms with Crippen molar-refractivity contribution in [2.75, 3.05) is 26.2 Å². The smallest absolute Gasteiger partial charge is 0.317 e. The normalized spacial score (nSPS) is 16.4. The van der Waals surface area contributed by atoms with Crippen LogP contribution in [0.3, 0.4) is 0 Å². The molecule has 1 aliphatic rings. The number of carbonyl (C=O) groups excluding carboxylic acids is 1. The third-order valence-corrected chi connectivity index (χ3v) is 3.22. The van der Waals surface area contributed by atoms with E-state index in [0.717, 1.165) is 0 Å². The Balaban J connectivity index is 1.93. The van der Waals surface area contributed by atoms with Gasteiger partial charge in [-0.25, -0.2) is 4.79 Å². The number of nitrogens with one attached hydrogen (secondary N) is 1. The average Bonchev–Trinajstić information content (AvgIpc) is 2.77. The second-order valence-electron chi connectivity index (χ2n) is 4.43. The lowest BCUT2D eigenvalue weighted by Crippen LogP contribution is -2.31. The quantitative estimate of drug-likeness (QED) is 0.867. The van der Waals surface area contributed by atoms with Crippen molar-refractivity contribution in [3.8, 4) is 5.75 Å². The number of nitrogens with zero attached hydrogens (tertiary/aromatic N) is 1. The van der Waals surface area contributed by atoms with Crippen LogP contribution in [-0.4, -0.2) is 42.3 Å². The molecule has 1 heterocycles. The SMILES string of the molecule is C[C@@H](O)c1cc(Cl)ccc1OCCN1CCNC1=O. The molecule has 1 aromatic rings. The first-order valence-electron chi connectivity index (χ1n) is 6.21. The Kier molecular flexibility index (Phi) is 4.50. The van der Waals surface area contributed by atoms with Gasteiger partial charge in [0, 0.05) is 23.7 Å². The third-order valence-electron chi connectivity index (χ3n) is 2.99. The molecule has 2 amide bonds. The summed E-state index contributed by atoms with van der Waals surface area (Å²) in [5, 5.41) is 13.0. The topological polar surface area (TPSA) is 61.8 Å². The Morgan fingerprint density at radius 1 is 1.58 bits per heavy atom. The number of rotatable bonds is 5. The highest BCUT2D eigenvalue weighted by atomic mass is 35.5. The zero-order valence-corrected chi connectivity index (χ0v) is 11.5. The van der Waals surface area contributed by atoms with Gasteiger partial charge in [0.25, 0.3) is 0 Å². The number of amides is 2. The summed E-state index contributed by atoms with van der Waals surface area (Å²) >= 11 is 5.89. The van der Waals surface area contributed by atoms with E-state index in [0.29, 0.717) is 42.6 Å². The Morgan fingerprint density at radius 2 is 2.37 bits per heavy atom. The van der Waals surface area contributed by atoms with E-state index in [2.05, 4.69) is 5.32 Å². The standard InChI is InChI=1S/C13H17ClN2O3/c1-9(17)11-8-10(14)2-3-12(11)19-7-6-16-5-4-15-13(16)18/h2-3,8-9,17H,4-7H2,1H3,(H,15,18)/t9-/m1/s1. The lowest BCUT2D eigenvalue weighted by Gasteiger charge is -2.17. The molecule has 2 N–H and O–H groups in total. The van der Waals surface area contributed by atoms with Gasteiger partial charge in [-0.2, -0.15) is 0 Å². The molecule has 0 unspecified atom stereocenters. The van der Waals surface area contributed by atoms with E-state index in [1.165, 1.54) is 0 Å². The van der Waals surface area contributed by atoms with E-state index in [1.54, 1.807) is 30.0 Å². The number of hydrogen-bond donors (Lipinski definition) is 2.